The summed E-state index contributed by atoms with van der Waals surface area (Å²) in [4.78, 5) is 3.56. The number of hydrogen-bond donors (Lipinski definition) is 1. The highest BCUT2D eigenvalue weighted by Gasteiger charge is 2.44. The molecule has 0 amide bonds. The minimum atomic E-state index is -4.39. The number of benzene rings is 1. The van der Waals surface area contributed by atoms with Crippen molar-refractivity contribution >= 4 is 28.3 Å². The highest BCUT2D eigenvalue weighted by atomic mass is 32.2. The topological polar surface area (TPSA) is 86.8 Å². The Morgan fingerprint density at radius 3 is 2.53 bits per heavy atom. The van der Waals surface area contributed by atoms with E-state index < -0.39 is 39.3 Å². The van der Waals surface area contributed by atoms with Gasteiger partial charge in [0.1, 0.15) is 33.6 Å². The van der Waals surface area contributed by atoms with Crippen molar-refractivity contribution in [1.82, 2.24) is 4.98 Å². The third-order valence-electron chi connectivity index (χ3n) is 4.58. The van der Waals surface area contributed by atoms with E-state index in [1.165, 1.54) is 13.2 Å². The van der Waals surface area contributed by atoms with Crippen molar-refractivity contribution in [2.24, 2.45) is 0 Å². The number of methoxy groups -OCH3 is 1. The molecule has 1 fully saturated rings. The van der Waals surface area contributed by atoms with E-state index in [0.717, 1.165) is 12.1 Å². The number of nitrogens with zero attached hydrogens (tertiary/aromatic N) is 1. The molecule has 1 aromatic heterocycles. The van der Waals surface area contributed by atoms with Crippen LogP contribution in [0.3, 0.4) is 0 Å². The Morgan fingerprint density at radius 2 is 1.97 bits per heavy atom. The van der Waals surface area contributed by atoms with Gasteiger partial charge in [0.2, 0.25) is 5.88 Å². The fraction of sp³-hybridized carbons (Fsp3) is 0.316. The van der Waals surface area contributed by atoms with Crippen molar-refractivity contribution in [3.63, 3.8) is 0 Å². The lowest BCUT2D eigenvalue weighted by molar-refractivity contribution is 0.172. The molecule has 0 spiro atoms. The number of ether oxygens (including phenoxy) is 1. The first-order chi connectivity index (χ1) is 14.0. The first-order valence-electron chi connectivity index (χ1n) is 9.03. The summed E-state index contributed by atoms with van der Waals surface area (Å²) in [5, 5.41) is 0. The zero-order valence-corrected chi connectivity index (χ0v) is 17.9. The number of anilines is 1. The molecule has 2 heterocycles. The second-order valence-corrected chi connectivity index (χ2v) is 8.78. The van der Waals surface area contributed by atoms with Crippen molar-refractivity contribution < 1.29 is 31.2 Å². The van der Waals surface area contributed by atoms with E-state index in [1.54, 1.807) is 13.0 Å². The van der Waals surface area contributed by atoms with E-state index >= 15 is 0 Å². The molecular formula is C19H21BF2N2O5S. The molecule has 30 heavy (non-hydrogen) atoms. The fourth-order valence-electron chi connectivity index (χ4n) is 3.11. The molecule has 3 rings (SSSR count). The van der Waals surface area contributed by atoms with Crippen molar-refractivity contribution in [1.29, 1.82) is 0 Å². The average molecular weight is 438 g/mol. The lowest BCUT2D eigenvalue weighted by Gasteiger charge is -2.17. The number of aryl methyl sites for hydroxylation is 1. The third kappa shape index (κ3) is 4.13. The molecule has 7 nitrogen and oxygen atoms in total. The summed E-state index contributed by atoms with van der Waals surface area (Å²) in [5.41, 5.74) is 0.252. The smallest absolute Gasteiger partial charge is 0.533 e. The van der Waals surface area contributed by atoms with Gasteiger partial charge in [0, 0.05) is 17.2 Å². The summed E-state index contributed by atoms with van der Waals surface area (Å²) in [6, 6.07) is 3.64. The van der Waals surface area contributed by atoms with Gasteiger partial charge in [-0.05, 0) is 52.0 Å². The lowest BCUT2D eigenvalue weighted by Crippen LogP contribution is -2.37. The number of allylic oxidation sites excluding steroid dienone is 1. The van der Waals surface area contributed by atoms with Crippen LogP contribution < -0.4 is 14.9 Å². The van der Waals surface area contributed by atoms with Crippen molar-refractivity contribution in [2.75, 3.05) is 11.8 Å². The third-order valence-corrected chi connectivity index (χ3v) is 5.98. The van der Waals surface area contributed by atoms with Gasteiger partial charge < -0.3 is 14.0 Å². The molecule has 0 atom stereocenters. The molecule has 0 radical (unpaired) electrons. The average Bonchev–Trinajstić information content (AvgIpc) is 2.96. The molecular weight excluding hydrogens is 417 g/mol. The van der Waals surface area contributed by atoms with E-state index in [0.29, 0.717) is 23.0 Å². The van der Waals surface area contributed by atoms with Crippen LogP contribution >= 0.6 is 0 Å². The Labute approximate surface area is 174 Å². The molecule has 11 heteroatoms. The Bertz CT molecular complexity index is 1120. The Balaban J connectivity index is 2.02. The monoisotopic (exact) mass is 438 g/mol. The first kappa shape index (κ1) is 22.0. The highest BCUT2D eigenvalue weighted by molar-refractivity contribution is 7.92. The van der Waals surface area contributed by atoms with E-state index in [1.807, 2.05) is 20.8 Å². The number of hydrogen-bond acceptors (Lipinski definition) is 6. The molecule has 1 aliphatic heterocycles. The summed E-state index contributed by atoms with van der Waals surface area (Å²) < 4.78 is 71.8. The maximum Gasteiger partial charge on any atom is 0.565 e. The lowest BCUT2D eigenvalue weighted by atomic mass is 9.78. The summed E-state index contributed by atoms with van der Waals surface area (Å²) in [6.07, 6.45) is 1.78. The van der Waals surface area contributed by atoms with Gasteiger partial charge in [-0.3, -0.25) is 4.72 Å². The van der Waals surface area contributed by atoms with Gasteiger partial charge in [0.25, 0.3) is 10.0 Å². The minimum Gasteiger partial charge on any atom is -0.533 e. The van der Waals surface area contributed by atoms with Gasteiger partial charge in [0.15, 0.2) is 0 Å². The molecule has 1 aromatic carbocycles. The second-order valence-electron chi connectivity index (χ2n) is 7.13. The van der Waals surface area contributed by atoms with E-state index in [-0.39, 0.29) is 11.6 Å². The number of sulfonamides is 1. The Morgan fingerprint density at radius 1 is 1.27 bits per heavy atom. The standard InChI is InChI=1S/C19H21BF2N2O5S/c1-6-17-19(3,4)29-20(28-17)13-10-15(18(27-5)23-11(13)2)24-30(25,26)16-8-7-12(21)9-14(16)22/h6-10,24H,1-5H3/b17-6+. The van der Waals surface area contributed by atoms with Crippen LogP contribution in [0.5, 0.6) is 5.88 Å². The van der Waals surface area contributed by atoms with Crippen molar-refractivity contribution in [3.05, 3.63) is 53.4 Å². The first-order valence-corrected chi connectivity index (χ1v) is 10.5. The summed E-state index contributed by atoms with van der Waals surface area (Å²) in [5.74, 6) is -1.51. The number of halogens is 2. The number of aromatic nitrogens is 1. The van der Waals surface area contributed by atoms with E-state index in [4.69, 9.17) is 14.0 Å². The summed E-state index contributed by atoms with van der Waals surface area (Å²) in [7, 11) is -3.89. The Kier molecular flexibility index (Phi) is 5.79. The fourth-order valence-corrected chi connectivity index (χ4v) is 4.22. The zero-order chi connectivity index (χ0) is 22.3. The van der Waals surface area contributed by atoms with E-state index in [2.05, 4.69) is 9.71 Å². The maximum atomic E-state index is 14.0. The van der Waals surface area contributed by atoms with Gasteiger partial charge in [-0.25, -0.2) is 22.2 Å². The quantitative estimate of drug-likeness (QED) is 0.723. The molecule has 0 bridgehead atoms. The van der Waals surface area contributed by atoms with Crippen LogP contribution in [0.25, 0.3) is 0 Å². The van der Waals surface area contributed by atoms with Crippen molar-refractivity contribution in [2.45, 2.75) is 38.2 Å². The van der Waals surface area contributed by atoms with Crippen LogP contribution in [-0.2, 0) is 19.3 Å². The highest BCUT2D eigenvalue weighted by Crippen LogP contribution is 2.32. The van der Waals surface area contributed by atoms with Crippen LogP contribution in [0.1, 0.15) is 26.5 Å². The molecule has 0 saturated carbocycles. The van der Waals surface area contributed by atoms with Gasteiger partial charge in [-0.2, -0.15) is 0 Å². The van der Waals surface area contributed by atoms with Gasteiger partial charge >= 0.3 is 7.12 Å². The molecule has 1 N–H and O–H groups in total. The van der Waals surface area contributed by atoms with Crippen LogP contribution in [0.4, 0.5) is 14.5 Å². The summed E-state index contributed by atoms with van der Waals surface area (Å²) in [6.45, 7) is 7.20. The van der Waals surface area contributed by atoms with Crippen LogP contribution in [0.2, 0.25) is 0 Å². The van der Waals surface area contributed by atoms with Crippen LogP contribution in [0.15, 0.2) is 41.0 Å². The summed E-state index contributed by atoms with van der Waals surface area (Å²) >= 11 is 0. The largest absolute Gasteiger partial charge is 0.565 e. The Hall–Kier alpha value is -2.66. The zero-order valence-electron chi connectivity index (χ0n) is 17.1. The van der Waals surface area contributed by atoms with Crippen LogP contribution in [0, 0.1) is 18.6 Å². The van der Waals surface area contributed by atoms with E-state index in [9.17, 15) is 17.2 Å². The number of pyridine rings is 1. The second kappa shape index (κ2) is 7.88. The SMILES string of the molecule is C/C=C1/OB(c2cc(NS(=O)(=O)c3ccc(F)cc3F)c(OC)nc2C)OC1(C)C. The molecule has 160 valence electrons. The van der Waals surface area contributed by atoms with Crippen LogP contribution in [-0.4, -0.2) is 33.2 Å². The molecule has 0 unspecified atom stereocenters. The van der Waals surface area contributed by atoms with Gasteiger partial charge in [-0.15, -0.1) is 0 Å². The molecule has 2 aromatic rings. The predicted octanol–water partition coefficient (Wildman–Crippen LogP) is 2.90. The van der Waals surface area contributed by atoms with Crippen molar-refractivity contribution in [3.8, 4) is 5.88 Å². The molecule has 1 aliphatic rings. The maximum absolute atomic E-state index is 14.0. The molecule has 0 aliphatic carbocycles. The normalized spacial score (nSPS) is 17.2. The van der Waals surface area contributed by atoms with Gasteiger partial charge in [0.05, 0.1) is 7.11 Å². The number of rotatable bonds is 5. The molecule has 1 saturated heterocycles. The number of nitrogens with one attached hydrogen (secondary N) is 1. The van der Waals surface area contributed by atoms with Gasteiger partial charge in [-0.1, -0.05) is 0 Å². The minimum absolute atomic E-state index is 0.0224. The predicted molar refractivity (Wildman–Crippen MR) is 108 cm³/mol.